The fourth-order valence-corrected chi connectivity index (χ4v) is 5.24. The number of aromatic nitrogens is 1. The Labute approximate surface area is 176 Å². The summed E-state index contributed by atoms with van der Waals surface area (Å²) in [5, 5.41) is 0.875. The summed E-state index contributed by atoms with van der Waals surface area (Å²) in [6.07, 6.45) is 1.57. The van der Waals surface area contributed by atoms with E-state index in [0.717, 1.165) is 34.9 Å². The number of hydrogen-bond donors (Lipinski definition) is 1. The van der Waals surface area contributed by atoms with Crippen molar-refractivity contribution in [3.8, 4) is 0 Å². The molecule has 0 saturated carbocycles. The Bertz CT molecular complexity index is 1210. The second-order valence-corrected chi connectivity index (χ2v) is 9.90. The number of aromatic amines is 1. The number of nitrogens with zero attached hydrogens (tertiary/aromatic N) is 1. The number of aryl methyl sites for hydroxylation is 2. The Hall–Kier alpha value is -2.48. The van der Waals surface area contributed by atoms with Gasteiger partial charge in [-0.3, -0.25) is 4.79 Å². The Morgan fingerprint density at radius 1 is 1.07 bits per heavy atom. The van der Waals surface area contributed by atoms with Gasteiger partial charge in [-0.25, -0.2) is 8.42 Å². The van der Waals surface area contributed by atoms with Gasteiger partial charge in [0.1, 0.15) is 0 Å². The molecule has 1 N–H and O–H groups in total. The average molecular weight is 427 g/mol. The lowest BCUT2D eigenvalue weighted by atomic mass is 10.1. The molecule has 1 aliphatic rings. The van der Waals surface area contributed by atoms with E-state index in [1.54, 1.807) is 30.3 Å². The molecule has 158 valence electrons. The number of nitrogens with one attached hydrogen (secondary N) is 1. The molecule has 30 heavy (non-hydrogen) atoms. The number of hydrogen-bond acceptors (Lipinski definition) is 4. The van der Waals surface area contributed by atoms with E-state index < -0.39 is 10.0 Å². The summed E-state index contributed by atoms with van der Waals surface area (Å²) in [5.74, 6) is 0. The van der Waals surface area contributed by atoms with Gasteiger partial charge in [-0.15, -0.1) is 0 Å². The van der Waals surface area contributed by atoms with Gasteiger partial charge in [0.15, 0.2) is 0 Å². The molecule has 6 nitrogen and oxygen atoms in total. The first-order chi connectivity index (χ1) is 14.3. The minimum absolute atomic E-state index is 0.00474. The summed E-state index contributed by atoms with van der Waals surface area (Å²) < 4.78 is 33.9. The smallest absolute Gasteiger partial charge is 0.252 e. The third-order valence-electron chi connectivity index (χ3n) is 5.52. The highest BCUT2D eigenvalue weighted by molar-refractivity contribution is 7.89. The molecule has 1 atom stereocenters. The maximum Gasteiger partial charge on any atom is 0.252 e. The number of H-pyrrole nitrogens is 1. The topological polar surface area (TPSA) is 79.5 Å². The fourth-order valence-electron chi connectivity index (χ4n) is 3.79. The van der Waals surface area contributed by atoms with Crippen molar-refractivity contribution in [3.63, 3.8) is 0 Å². The van der Waals surface area contributed by atoms with Crippen LogP contribution in [0.5, 0.6) is 0 Å². The molecule has 0 aliphatic carbocycles. The zero-order valence-corrected chi connectivity index (χ0v) is 18.0. The van der Waals surface area contributed by atoms with Crippen LogP contribution in [0.1, 0.15) is 29.5 Å². The summed E-state index contributed by atoms with van der Waals surface area (Å²) in [7, 11) is -3.78. The number of pyridine rings is 1. The van der Waals surface area contributed by atoms with Gasteiger partial charge in [0.25, 0.3) is 5.56 Å². The quantitative estimate of drug-likeness (QED) is 0.654. The Morgan fingerprint density at radius 3 is 2.50 bits per heavy atom. The van der Waals surface area contributed by atoms with Crippen LogP contribution in [-0.4, -0.2) is 37.0 Å². The molecule has 1 aromatic heterocycles. The van der Waals surface area contributed by atoms with E-state index in [2.05, 4.69) is 4.98 Å². The Balaban J connectivity index is 1.72. The monoisotopic (exact) mass is 426 g/mol. The van der Waals surface area contributed by atoms with Crippen LogP contribution in [0.25, 0.3) is 10.9 Å². The fraction of sp³-hybridized carbons (Fsp3) is 0.348. The van der Waals surface area contributed by atoms with E-state index in [-0.39, 0.29) is 29.6 Å². The molecule has 7 heteroatoms. The molecule has 1 saturated heterocycles. The van der Waals surface area contributed by atoms with Crippen LogP contribution in [-0.2, 0) is 21.3 Å². The highest BCUT2D eigenvalue weighted by atomic mass is 32.2. The summed E-state index contributed by atoms with van der Waals surface area (Å²) in [5.41, 5.74) is 2.93. The van der Waals surface area contributed by atoms with E-state index in [9.17, 15) is 13.2 Å². The molecule has 0 bridgehead atoms. The van der Waals surface area contributed by atoms with Gasteiger partial charge in [-0.1, -0.05) is 29.8 Å². The average Bonchev–Trinajstić information content (AvgIpc) is 3.21. The molecule has 0 radical (unpaired) electrons. The SMILES string of the molecule is Cc1ccc(S(=O)(=O)N(Cc2cc3ccc(C)cc3[nH]c2=O)C[C@@H]2CCCO2)cc1. The molecule has 2 aromatic carbocycles. The van der Waals surface area contributed by atoms with E-state index in [1.165, 1.54) is 4.31 Å². The van der Waals surface area contributed by atoms with Gasteiger partial charge in [0.2, 0.25) is 10.0 Å². The summed E-state index contributed by atoms with van der Waals surface area (Å²) in [6, 6.07) is 14.4. The highest BCUT2D eigenvalue weighted by Gasteiger charge is 2.30. The first-order valence-electron chi connectivity index (χ1n) is 10.1. The maximum absolute atomic E-state index is 13.4. The molecule has 1 aliphatic heterocycles. The highest BCUT2D eigenvalue weighted by Crippen LogP contribution is 2.23. The normalized spacial score (nSPS) is 17.1. The third kappa shape index (κ3) is 4.33. The molecule has 4 rings (SSSR count). The predicted molar refractivity (Wildman–Crippen MR) is 117 cm³/mol. The number of ether oxygens (including phenoxy) is 1. The van der Waals surface area contributed by atoms with Crippen molar-refractivity contribution in [2.75, 3.05) is 13.2 Å². The number of rotatable bonds is 6. The van der Waals surface area contributed by atoms with Crippen molar-refractivity contribution >= 4 is 20.9 Å². The third-order valence-corrected chi connectivity index (χ3v) is 7.34. The molecule has 0 spiro atoms. The van der Waals surface area contributed by atoms with Crippen LogP contribution in [0.15, 0.2) is 58.2 Å². The number of sulfonamides is 1. The van der Waals surface area contributed by atoms with E-state index in [0.29, 0.717) is 12.2 Å². The minimum atomic E-state index is -3.78. The molecular formula is C23H26N2O4S. The lowest BCUT2D eigenvalue weighted by molar-refractivity contribution is 0.0925. The van der Waals surface area contributed by atoms with Crippen molar-refractivity contribution < 1.29 is 13.2 Å². The van der Waals surface area contributed by atoms with Crippen LogP contribution in [0.2, 0.25) is 0 Å². The molecule has 3 aromatic rings. The number of benzene rings is 2. The zero-order valence-electron chi connectivity index (χ0n) is 17.2. The van der Waals surface area contributed by atoms with E-state index in [4.69, 9.17) is 4.74 Å². The van der Waals surface area contributed by atoms with E-state index in [1.807, 2.05) is 32.0 Å². The summed E-state index contributed by atoms with van der Waals surface area (Å²) >= 11 is 0. The molecule has 0 unspecified atom stereocenters. The standard InChI is InChI=1S/C23H26N2O4S/c1-16-6-9-21(10-7-16)30(27,28)25(15-20-4-3-11-29-20)14-19-13-18-8-5-17(2)12-22(18)24-23(19)26/h5-10,12-13,20H,3-4,11,14-15H2,1-2H3,(H,24,26)/t20-/m0/s1. The molecular weight excluding hydrogens is 400 g/mol. The van der Waals surface area contributed by atoms with Crippen LogP contribution >= 0.6 is 0 Å². The largest absolute Gasteiger partial charge is 0.377 e. The van der Waals surface area contributed by atoms with Crippen LogP contribution in [0.4, 0.5) is 0 Å². The van der Waals surface area contributed by atoms with Crippen molar-refractivity contribution in [2.45, 2.75) is 44.2 Å². The summed E-state index contributed by atoms with van der Waals surface area (Å²) in [4.78, 5) is 15.8. The van der Waals surface area contributed by atoms with Crippen molar-refractivity contribution in [2.24, 2.45) is 0 Å². The summed E-state index contributed by atoms with van der Waals surface area (Å²) in [6.45, 7) is 4.73. The van der Waals surface area contributed by atoms with Crippen molar-refractivity contribution in [1.29, 1.82) is 0 Å². The maximum atomic E-state index is 13.4. The van der Waals surface area contributed by atoms with Gasteiger partial charge >= 0.3 is 0 Å². The van der Waals surface area contributed by atoms with Gasteiger partial charge in [0, 0.05) is 30.8 Å². The first kappa shape index (κ1) is 20.8. The lowest BCUT2D eigenvalue weighted by Crippen LogP contribution is -2.38. The minimum Gasteiger partial charge on any atom is -0.377 e. The zero-order chi connectivity index (χ0) is 21.3. The Kier molecular flexibility index (Phi) is 5.77. The van der Waals surface area contributed by atoms with E-state index >= 15 is 0 Å². The van der Waals surface area contributed by atoms with Gasteiger partial charge < -0.3 is 9.72 Å². The first-order valence-corrected chi connectivity index (χ1v) is 11.6. The molecule has 0 amide bonds. The Morgan fingerprint density at radius 2 is 1.80 bits per heavy atom. The molecule has 2 heterocycles. The van der Waals surface area contributed by atoms with Gasteiger partial charge in [-0.05, 0) is 61.9 Å². The second-order valence-electron chi connectivity index (χ2n) is 7.96. The predicted octanol–water partition coefficient (Wildman–Crippen LogP) is 3.51. The van der Waals surface area contributed by atoms with Crippen LogP contribution in [0, 0.1) is 13.8 Å². The van der Waals surface area contributed by atoms with Crippen molar-refractivity contribution in [3.05, 3.63) is 75.6 Å². The van der Waals surface area contributed by atoms with Crippen LogP contribution in [0.3, 0.4) is 0 Å². The van der Waals surface area contributed by atoms with Gasteiger partial charge in [0.05, 0.1) is 11.0 Å². The van der Waals surface area contributed by atoms with Crippen molar-refractivity contribution in [1.82, 2.24) is 9.29 Å². The molecule has 1 fully saturated rings. The van der Waals surface area contributed by atoms with Gasteiger partial charge in [-0.2, -0.15) is 4.31 Å². The number of fused-ring (bicyclic) bond motifs is 1. The van der Waals surface area contributed by atoms with Crippen LogP contribution < -0.4 is 5.56 Å². The second kappa shape index (κ2) is 8.34. The lowest BCUT2D eigenvalue weighted by Gasteiger charge is -2.25.